The van der Waals surface area contributed by atoms with Crippen LogP contribution in [-0.4, -0.2) is 37.2 Å². The molecule has 0 aromatic heterocycles. The number of hydrogen-bond donors (Lipinski definition) is 3. The van der Waals surface area contributed by atoms with E-state index in [4.69, 9.17) is 15.5 Å². The average molecular weight is 298 g/mol. The summed E-state index contributed by atoms with van der Waals surface area (Å²) in [6.45, 7) is 1.13. The molecule has 1 aromatic rings. The fraction of sp³-hybridized carbons (Fsp3) is 0.333. The molecule has 108 valence electrons. The number of hydrogen-bond acceptors (Lipinski definition) is 5. The summed E-state index contributed by atoms with van der Waals surface area (Å²) in [5.74, 6) is -1.37. The number of carbonyl (C=O) groups is 1. The highest BCUT2D eigenvalue weighted by Gasteiger charge is 2.25. The van der Waals surface area contributed by atoms with Gasteiger partial charge >= 0.3 is 5.97 Å². The van der Waals surface area contributed by atoms with Crippen molar-refractivity contribution in [1.82, 2.24) is 4.72 Å². The quantitative estimate of drug-likeness (QED) is 0.677. The van der Waals surface area contributed by atoms with Crippen molar-refractivity contribution in [2.24, 2.45) is 0 Å². The molecule has 0 aliphatic carbocycles. The summed E-state index contributed by atoms with van der Waals surface area (Å²) in [7, 11) is -4.03. The van der Waals surface area contributed by atoms with Crippen molar-refractivity contribution in [2.45, 2.75) is 24.3 Å². The fourth-order valence-electron chi connectivity index (χ4n) is 1.55. The molecule has 0 spiro atoms. The Morgan fingerprint density at radius 3 is 2.60 bits per heavy atom. The van der Waals surface area contributed by atoms with Gasteiger partial charge in [-0.2, -0.15) is 9.98 Å². The molecule has 1 aromatic carbocycles. The standard InChI is InChI=1S/C12H14N2O5S/c1-8-6-10(3-2-9(8)7-13)20(18,19)14-11(4-5-15)12(16)17/h2-3,6,11,14-15H,4-5H2,1H3,(H,16,17)/t11-/m0/s1. The molecular weight excluding hydrogens is 284 g/mol. The summed E-state index contributed by atoms with van der Waals surface area (Å²) in [6.07, 6.45) is -0.232. The second kappa shape index (κ2) is 6.47. The summed E-state index contributed by atoms with van der Waals surface area (Å²) in [6, 6.07) is 4.38. The van der Waals surface area contributed by atoms with Gasteiger partial charge in [0.05, 0.1) is 16.5 Å². The van der Waals surface area contributed by atoms with Gasteiger partial charge < -0.3 is 10.2 Å². The Hall–Kier alpha value is -1.95. The summed E-state index contributed by atoms with van der Waals surface area (Å²) in [5.41, 5.74) is 0.818. The van der Waals surface area contributed by atoms with Crippen LogP contribution in [0.15, 0.2) is 23.1 Å². The third-order valence-corrected chi connectivity index (χ3v) is 4.11. The number of nitrogens with zero attached hydrogens (tertiary/aromatic N) is 1. The van der Waals surface area contributed by atoms with Crippen LogP contribution >= 0.6 is 0 Å². The first-order chi connectivity index (χ1) is 9.31. The van der Waals surface area contributed by atoms with E-state index in [0.29, 0.717) is 11.1 Å². The van der Waals surface area contributed by atoms with E-state index in [-0.39, 0.29) is 11.3 Å². The van der Waals surface area contributed by atoms with Gasteiger partial charge in [0, 0.05) is 6.61 Å². The zero-order chi connectivity index (χ0) is 15.3. The lowest BCUT2D eigenvalue weighted by Gasteiger charge is -2.14. The maximum atomic E-state index is 12.0. The number of rotatable bonds is 6. The molecule has 0 bridgehead atoms. The molecule has 0 fully saturated rings. The summed E-state index contributed by atoms with van der Waals surface area (Å²) < 4.78 is 26.1. The molecule has 3 N–H and O–H groups in total. The van der Waals surface area contributed by atoms with Crippen molar-refractivity contribution in [3.63, 3.8) is 0 Å². The Morgan fingerprint density at radius 1 is 1.50 bits per heavy atom. The van der Waals surface area contributed by atoms with E-state index in [2.05, 4.69) is 0 Å². The average Bonchev–Trinajstić information content (AvgIpc) is 2.37. The van der Waals surface area contributed by atoms with E-state index >= 15 is 0 Å². The Labute approximate surface area is 116 Å². The number of aliphatic hydroxyl groups is 1. The van der Waals surface area contributed by atoms with Crippen LogP contribution < -0.4 is 4.72 Å². The van der Waals surface area contributed by atoms with Gasteiger partial charge in [-0.15, -0.1) is 0 Å². The van der Waals surface area contributed by atoms with Crippen LogP contribution in [0.4, 0.5) is 0 Å². The minimum atomic E-state index is -4.03. The van der Waals surface area contributed by atoms with Crippen molar-refractivity contribution in [2.75, 3.05) is 6.61 Å². The molecule has 20 heavy (non-hydrogen) atoms. The maximum absolute atomic E-state index is 12.0. The van der Waals surface area contributed by atoms with Gasteiger partial charge in [0.2, 0.25) is 10.0 Å². The highest BCUT2D eigenvalue weighted by Crippen LogP contribution is 2.15. The lowest BCUT2D eigenvalue weighted by molar-refractivity contribution is -0.139. The second-order valence-corrected chi connectivity index (χ2v) is 5.83. The van der Waals surface area contributed by atoms with Gasteiger partial charge in [-0.3, -0.25) is 4.79 Å². The molecule has 1 atom stereocenters. The topological polar surface area (TPSA) is 127 Å². The van der Waals surface area contributed by atoms with Gasteiger partial charge in [-0.05, 0) is 37.1 Å². The number of aliphatic hydroxyl groups excluding tert-OH is 1. The number of nitriles is 1. The smallest absolute Gasteiger partial charge is 0.321 e. The first-order valence-electron chi connectivity index (χ1n) is 5.68. The zero-order valence-corrected chi connectivity index (χ0v) is 11.5. The van der Waals surface area contributed by atoms with Crippen LogP contribution in [0.3, 0.4) is 0 Å². The number of nitrogens with one attached hydrogen (secondary N) is 1. The van der Waals surface area contributed by atoms with E-state index in [1.54, 1.807) is 6.92 Å². The zero-order valence-electron chi connectivity index (χ0n) is 10.7. The number of carboxylic acid groups (broad SMARTS) is 1. The number of aryl methyl sites for hydroxylation is 1. The van der Waals surface area contributed by atoms with E-state index in [0.717, 1.165) is 0 Å². The molecule has 0 radical (unpaired) electrons. The van der Waals surface area contributed by atoms with Crippen molar-refractivity contribution >= 4 is 16.0 Å². The van der Waals surface area contributed by atoms with Gasteiger partial charge in [-0.1, -0.05) is 0 Å². The van der Waals surface area contributed by atoms with Crippen LogP contribution in [-0.2, 0) is 14.8 Å². The van der Waals surface area contributed by atoms with Gasteiger partial charge in [-0.25, -0.2) is 8.42 Å². The highest BCUT2D eigenvalue weighted by atomic mass is 32.2. The Kier molecular flexibility index (Phi) is 5.21. The molecule has 0 unspecified atom stereocenters. The van der Waals surface area contributed by atoms with Crippen molar-refractivity contribution in [1.29, 1.82) is 5.26 Å². The lowest BCUT2D eigenvalue weighted by Crippen LogP contribution is -2.41. The van der Waals surface area contributed by atoms with Crippen LogP contribution in [0.1, 0.15) is 17.5 Å². The molecule has 7 nitrogen and oxygen atoms in total. The van der Waals surface area contributed by atoms with Gasteiger partial charge in [0.25, 0.3) is 0 Å². The number of aliphatic carboxylic acids is 1. The summed E-state index contributed by atoms with van der Waals surface area (Å²) in [5, 5.41) is 26.4. The summed E-state index contributed by atoms with van der Waals surface area (Å²) >= 11 is 0. The Balaban J connectivity index is 3.08. The minimum absolute atomic E-state index is 0.127. The van der Waals surface area contributed by atoms with E-state index < -0.39 is 28.6 Å². The third-order valence-electron chi connectivity index (χ3n) is 2.64. The Morgan fingerprint density at radius 2 is 2.15 bits per heavy atom. The summed E-state index contributed by atoms with van der Waals surface area (Å²) in [4.78, 5) is 10.8. The second-order valence-electron chi connectivity index (χ2n) is 4.11. The molecule has 0 saturated carbocycles. The molecule has 0 aliphatic rings. The predicted octanol–water partition coefficient (Wildman–Crippen LogP) is -0.0194. The van der Waals surface area contributed by atoms with Crippen molar-refractivity contribution in [3.05, 3.63) is 29.3 Å². The van der Waals surface area contributed by atoms with Gasteiger partial charge in [0.1, 0.15) is 6.04 Å². The maximum Gasteiger partial charge on any atom is 0.321 e. The largest absolute Gasteiger partial charge is 0.480 e. The predicted molar refractivity (Wildman–Crippen MR) is 69.3 cm³/mol. The number of benzene rings is 1. The van der Waals surface area contributed by atoms with Crippen molar-refractivity contribution in [3.8, 4) is 6.07 Å². The van der Waals surface area contributed by atoms with E-state index in [1.807, 2.05) is 10.8 Å². The molecule has 0 saturated heterocycles. The number of sulfonamides is 1. The molecule has 0 amide bonds. The molecule has 0 aliphatic heterocycles. The number of carboxylic acids is 1. The highest BCUT2D eigenvalue weighted by molar-refractivity contribution is 7.89. The molecular formula is C12H14N2O5S. The van der Waals surface area contributed by atoms with Crippen molar-refractivity contribution < 1.29 is 23.4 Å². The fourth-order valence-corrected chi connectivity index (χ4v) is 2.85. The first kappa shape index (κ1) is 16.1. The van der Waals surface area contributed by atoms with Crippen LogP contribution in [0.5, 0.6) is 0 Å². The van der Waals surface area contributed by atoms with E-state index in [9.17, 15) is 13.2 Å². The van der Waals surface area contributed by atoms with Crippen LogP contribution in [0, 0.1) is 18.3 Å². The molecule has 1 rings (SSSR count). The Bertz CT molecular complexity index is 648. The lowest BCUT2D eigenvalue weighted by atomic mass is 10.1. The normalized spacial score (nSPS) is 12.7. The first-order valence-corrected chi connectivity index (χ1v) is 7.17. The monoisotopic (exact) mass is 298 g/mol. The SMILES string of the molecule is Cc1cc(S(=O)(=O)N[C@@H](CCO)C(=O)O)ccc1C#N. The van der Waals surface area contributed by atoms with Crippen LogP contribution in [0.2, 0.25) is 0 Å². The third kappa shape index (κ3) is 3.77. The molecule has 8 heteroatoms. The van der Waals surface area contributed by atoms with E-state index in [1.165, 1.54) is 18.2 Å². The van der Waals surface area contributed by atoms with Gasteiger partial charge in [0.15, 0.2) is 0 Å². The van der Waals surface area contributed by atoms with Crippen LogP contribution in [0.25, 0.3) is 0 Å². The molecule has 0 heterocycles. The minimum Gasteiger partial charge on any atom is -0.480 e.